The molecular weight excluding hydrogens is 747 g/mol. The van der Waals surface area contributed by atoms with Gasteiger partial charge < -0.3 is 0 Å². The first kappa shape index (κ1) is 49.6. The van der Waals surface area contributed by atoms with Crippen LogP contribution in [0.15, 0.2) is 58.5 Å². The van der Waals surface area contributed by atoms with Crippen LogP contribution in [0.3, 0.4) is 0 Å². The van der Waals surface area contributed by atoms with Gasteiger partial charge in [0.05, 0.1) is 17.1 Å². The number of para-hydroxylation sites is 2. The van der Waals surface area contributed by atoms with Crippen molar-refractivity contribution in [3.8, 4) is 23.7 Å². The second-order valence-corrected chi connectivity index (χ2v) is 15.1. The zero-order valence-corrected chi connectivity index (χ0v) is 36.7. The summed E-state index contributed by atoms with van der Waals surface area (Å²) in [5.74, 6) is 13.8. The van der Waals surface area contributed by atoms with E-state index in [2.05, 4.69) is 93.0 Å². The fraction of sp³-hybridized carbons (Fsp3) is 0.647. The van der Waals surface area contributed by atoms with Crippen LogP contribution in [0.25, 0.3) is 0 Å². The Kier molecular flexibility index (Phi) is 34.4. The summed E-state index contributed by atoms with van der Waals surface area (Å²) in [6.07, 6.45) is 39.4. The van der Waals surface area contributed by atoms with Crippen molar-refractivity contribution in [2.75, 3.05) is 0 Å². The van der Waals surface area contributed by atoms with Gasteiger partial charge >= 0.3 is 0 Å². The molecule has 0 atom stereocenters. The fourth-order valence-corrected chi connectivity index (χ4v) is 6.82. The Morgan fingerprint density at radius 3 is 1.30 bits per heavy atom. The molecule has 0 unspecified atom stereocenters. The van der Waals surface area contributed by atoms with Gasteiger partial charge in [0, 0.05) is 52.3 Å². The number of hydrogen-bond donors (Lipinski definition) is 0. The van der Waals surface area contributed by atoms with Crippen molar-refractivity contribution in [3.63, 3.8) is 0 Å². The maximum atomic E-state index is 5.21. The predicted molar refractivity (Wildman–Crippen MR) is 237 cm³/mol. The van der Waals surface area contributed by atoms with E-state index in [1.165, 1.54) is 140 Å². The Morgan fingerprint density at radius 1 is 0.444 bits per heavy atom. The van der Waals surface area contributed by atoms with Crippen LogP contribution in [0, 0.1) is 23.7 Å². The first-order chi connectivity index (χ1) is 26.3. The Hall–Kier alpha value is -2.44. The minimum atomic E-state index is 0. The summed E-state index contributed by atoms with van der Waals surface area (Å²) in [5, 5.41) is 0. The van der Waals surface area contributed by atoms with Gasteiger partial charge in [0.1, 0.15) is 0 Å². The maximum Gasteiger partial charge on any atom is 0.0665 e. The van der Waals surface area contributed by atoms with Crippen molar-refractivity contribution in [1.82, 2.24) is 0 Å². The van der Waals surface area contributed by atoms with Gasteiger partial charge in [0.25, 0.3) is 0 Å². The number of unbranched alkanes of at least 4 members (excludes halogenated alkanes) is 22. The number of nitrogens with zero attached hydrogens (tertiary/aromatic N) is 2. The third-order valence-electron chi connectivity index (χ3n) is 10.2. The van der Waals surface area contributed by atoms with E-state index >= 15 is 0 Å². The molecule has 3 heteroatoms. The predicted octanol–water partition coefficient (Wildman–Crippen LogP) is 16.2. The van der Waals surface area contributed by atoms with Crippen LogP contribution in [0.4, 0.5) is 11.4 Å². The summed E-state index contributed by atoms with van der Waals surface area (Å²) in [6, 6.07) is 17.3. The molecule has 0 aromatic heterocycles. The van der Waals surface area contributed by atoms with Gasteiger partial charge in [0.2, 0.25) is 0 Å². The molecule has 0 saturated carbocycles. The summed E-state index contributed by atoms with van der Waals surface area (Å²) in [6.45, 7) is 6.84. The molecule has 0 saturated heterocycles. The maximum absolute atomic E-state index is 5.21. The summed E-state index contributed by atoms with van der Waals surface area (Å²) >= 11 is 0. The second-order valence-electron chi connectivity index (χ2n) is 15.1. The third kappa shape index (κ3) is 27.2. The molecule has 0 fully saturated rings. The fourth-order valence-electron chi connectivity index (χ4n) is 6.82. The van der Waals surface area contributed by atoms with Gasteiger partial charge in [-0.1, -0.05) is 173 Å². The van der Waals surface area contributed by atoms with Gasteiger partial charge in [-0.15, -0.1) is 23.7 Å². The number of hydrogen-bond acceptors (Lipinski definition) is 2. The SMILES string of the molecule is CCCCCCCCCCCC#CCCCc1ccccc1N=CC(CCCCC)=Nc1ccccc1CCCC#CCCCCCCCCCCC.[Pd]. The molecule has 0 radical (unpaired) electrons. The topological polar surface area (TPSA) is 24.7 Å². The zero-order valence-electron chi connectivity index (χ0n) is 35.1. The van der Waals surface area contributed by atoms with E-state index in [0.717, 1.165) is 81.3 Å². The van der Waals surface area contributed by atoms with E-state index < -0.39 is 0 Å². The molecule has 302 valence electrons. The van der Waals surface area contributed by atoms with E-state index in [0.29, 0.717) is 0 Å². The zero-order chi connectivity index (χ0) is 37.7. The van der Waals surface area contributed by atoms with Crippen molar-refractivity contribution in [2.24, 2.45) is 9.98 Å². The quantitative estimate of drug-likeness (QED) is 0.0313. The summed E-state index contributed by atoms with van der Waals surface area (Å²) < 4.78 is 0. The van der Waals surface area contributed by atoms with Gasteiger partial charge in [-0.05, 0) is 74.6 Å². The van der Waals surface area contributed by atoms with Crippen LogP contribution in [0.1, 0.15) is 212 Å². The molecule has 2 rings (SSSR count). The molecule has 0 heterocycles. The van der Waals surface area contributed by atoms with Crippen molar-refractivity contribution in [1.29, 1.82) is 0 Å². The Morgan fingerprint density at radius 2 is 0.815 bits per heavy atom. The van der Waals surface area contributed by atoms with Crippen molar-refractivity contribution in [3.05, 3.63) is 59.7 Å². The second kappa shape index (κ2) is 37.5. The summed E-state index contributed by atoms with van der Waals surface area (Å²) in [7, 11) is 0. The molecule has 0 aliphatic carbocycles. The molecule has 0 bridgehead atoms. The molecule has 0 N–H and O–H groups in total. The molecule has 0 aliphatic heterocycles. The molecule has 2 aromatic carbocycles. The van der Waals surface area contributed by atoms with E-state index in [-0.39, 0.29) is 20.4 Å². The van der Waals surface area contributed by atoms with Crippen molar-refractivity contribution in [2.45, 2.75) is 213 Å². The van der Waals surface area contributed by atoms with E-state index in [1.54, 1.807) is 0 Å². The number of aliphatic imine (C=N–C) groups is 2. The van der Waals surface area contributed by atoms with E-state index in [4.69, 9.17) is 9.98 Å². The molecule has 0 aliphatic rings. The van der Waals surface area contributed by atoms with Crippen LogP contribution in [-0.4, -0.2) is 11.9 Å². The monoisotopic (exact) mass is 825 g/mol. The Bertz CT molecular complexity index is 1350. The minimum absolute atomic E-state index is 0. The number of benzene rings is 2. The molecular formula is C51H78N2Pd. The molecule has 0 spiro atoms. The Balaban J connectivity index is 0.0000146. The smallest absolute Gasteiger partial charge is 0.0665 e. The van der Waals surface area contributed by atoms with Gasteiger partial charge in [0.15, 0.2) is 0 Å². The average Bonchev–Trinajstić information content (AvgIpc) is 3.18. The third-order valence-corrected chi connectivity index (χ3v) is 10.2. The van der Waals surface area contributed by atoms with Crippen LogP contribution in [0.5, 0.6) is 0 Å². The van der Waals surface area contributed by atoms with E-state index in [9.17, 15) is 0 Å². The Labute approximate surface area is 348 Å². The first-order valence-corrected chi connectivity index (χ1v) is 22.5. The van der Waals surface area contributed by atoms with Crippen LogP contribution in [0.2, 0.25) is 0 Å². The van der Waals surface area contributed by atoms with Crippen molar-refractivity contribution >= 4 is 23.3 Å². The normalized spacial score (nSPS) is 11.2. The van der Waals surface area contributed by atoms with Gasteiger partial charge in [-0.2, -0.15) is 0 Å². The van der Waals surface area contributed by atoms with Crippen LogP contribution in [-0.2, 0) is 33.3 Å². The molecule has 2 nitrogen and oxygen atoms in total. The van der Waals surface area contributed by atoms with Gasteiger partial charge in [-0.3, -0.25) is 9.98 Å². The minimum Gasteiger partial charge on any atom is -0.255 e. The van der Waals surface area contributed by atoms with E-state index in [1.807, 2.05) is 6.21 Å². The number of rotatable bonds is 31. The van der Waals surface area contributed by atoms with Crippen LogP contribution < -0.4 is 0 Å². The largest absolute Gasteiger partial charge is 0.255 e. The summed E-state index contributed by atoms with van der Waals surface area (Å²) in [5.41, 5.74) is 5.84. The van der Waals surface area contributed by atoms with Crippen LogP contribution >= 0.6 is 0 Å². The number of aryl methyl sites for hydroxylation is 2. The van der Waals surface area contributed by atoms with Crippen molar-refractivity contribution < 1.29 is 20.4 Å². The average molecular weight is 826 g/mol. The standard InChI is InChI=1S/C51H78N2.Pd/c1-4-7-10-12-14-16-18-20-22-24-26-28-30-33-39-47-41-35-37-44-50(47)52-46-49(43-32-9-6-3)53-51-45-38-36-42-48(51)40-34-31-29-27-25-23-21-19-17-15-13-11-8-5-2;/h35-38,41-42,44-46H,4-25,30-34,39-40,43H2,1-3H3;. The van der Waals surface area contributed by atoms with Gasteiger partial charge in [-0.25, -0.2) is 0 Å². The summed E-state index contributed by atoms with van der Waals surface area (Å²) in [4.78, 5) is 10.2. The molecule has 2 aromatic rings. The molecule has 0 amide bonds. The first-order valence-electron chi connectivity index (χ1n) is 22.5. The molecule has 54 heavy (non-hydrogen) atoms.